The molecule has 2 rings (SSSR count). The van der Waals surface area contributed by atoms with E-state index in [2.05, 4.69) is 4.74 Å². The van der Waals surface area contributed by atoms with Crippen LogP contribution in [0.2, 0.25) is 0 Å². The number of halogens is 3. The molecule has 1 heterocycles. The number of nitrogens with zero attached hydrogens (tertiary/aromatic N) is 1. The molecule has 0 aromatic heterocycles. The van der Waals surface area contributed by atoms with Crippen molar-refractivity contribution in [2.24, 2.45) is 11.7 Å². The van der Waals surface area contributed by atoms with Crippen LogP contribution in [0.5, 0.6) is 5.75 Å². The Morgan fingerprint density at radius 3 is 2.45 bits per heavy atom. The average molecular weight is 288 g/mol. The van der Waals surface area contributed by atoms with Crippen LogP contribution in [0.3, 0.4) is 0 Å². The number of hydrogen-bond donors (Lipinski definition) is 1. The molecule has 0 saturated carbocycles. The van der Waals surface area contributed by atoms with Gasteiger partial charge in [0.05, 0.1) is 0 Å². The fourth-order valence-corrected chi connectivity index (χ4v) is 2.18. The highest BCUT2D eigenvalue weighted by molar-refractivity contribution is 5.78. The van der Waals surface area contributed by atoms with Gasteiger partial charge >= 0.3 is 6.36 Å². The number of amides is 1. The zero-order valence-electron chi connectivity index (χ0n) is 10.7. The highest BCUT2D eigenvalue weighted by Crippen LogP contribution is 2.24. The first-order valence-electron chi connectivity index (χ1n) is 6.20. The summed E-state index contributed by atoms with van der Waals surface area (Å²) in [5, 5.41) is 0. The molecule has 1 fully saturated rings. The summed E-state index contributed by atoms with van der Waals surface area (Å²) < 4.78 is 39.8. The minimum absolute atomic E-state index is 0.0241. The molecule has 1 aliphatic heterocycles. The zero-order chi connectivity index (χ0) is 14.8. The van der Waals surface area contributed by atoms with Crippen molar-refractivity contribution in [3.63, 3.8) is 0 Å². The molecular formula is C13H15F3N2O2. The van der Waals surface area contributed by atoms with Crippen LogP contribution in [0.4, 0.5) is 13.2 Å². The van der Waals surface area contributed by atoms with Crippen LogP contribution in [0.15, 0.2) is 24.3 Å². The maximum absolute atomic E-state index is 12.0. The number of alkyl halides is 3. The van der Waals surface area contributed by atoms with E-state index in [9.17, 15) is 18.0 Å². The van der Waals surface area contributed by atoms with E-state index in [0.29, 0.717) is 26.1 Å². The predicted octanol–water partition coefficient (Wildman–Crippen LogP) is 1.89. The molecule has 0 bridgehead atoms. The van der Waals surface area contributed by atoms with Crippen molar-refractivity contribution < 1.29 is 22.7 Å². The highest BCUT2D eigenvalue weighted by atomic mass is 19.4. The third-order valence-corrected chi connectivity index (χ3v) is 3.16. The van der Waals surface area contributed by atoms with Gasteiger partial charge < -0.3 is 15.4 Å². The van der Waals surface area contributed by atoms with Gasteiger partial charge in [0.2, 0.25) is 5.91 Å². The molecule has 4 nitrogen and oxygen atoms in total. The number of benzene rings is 1. The van der Waals surface area contributed by atoms with E-state index >= 15 is 0 Å². The van der Waals surface area contributed by atoms with Crippen molar-refractivity contribution in [2.75, 3.05) is 13.1 Å². The molecule has 7 heteroatoms. The Morgan fingerprint density at radius 1 is 1.30 bits per heavy atom. The van der Waals surface area contributed by atoms with E-state index in [1.165, 1.54) is 24.3 Å². The molecule has 1 saturated heterocycles. The zero-order valence-corrected chi connectivity index (χ0v) is 10.7. The van der Waals surface area contributed by atoms with Crippen LogP contribution in [-0.2, 0) is 11.3 Å². The van der Waals surface area contributed by atoms with E-state index in [0.717, 1.165) is 5.56 Å². The third kappa shape index (κ3) is 3.86. The van der Waals surface area contributed by atoms with Gasteiger partial charge in [0.1, 0.15) is 5.75 Å². The molecule has 0 radical (unpaired) electrons. The van der Waals surface area contributed by atoms with Gasteiger partial charge in [0, 0.05) is 19.5 Å². The number of carbonyl (C=O) groups excluding carboxylic acids is 1. The van der Waals surface area contributed by atoms with Gasteiger partial charge in [0.15, 0.2) is 0 Å². The lowest BCUT2D eigenvalue weighted by molar-refractivity contribution is -0.274. The molecule has 2 N–H and O–H groups in total. The standard InChI is InChI=1S/C13H15F3N2O2/c14-13(15,16)20-11-3-1-9(2-4-11)7-18-8-10(6-17)5-12(18)19/h1-4,10H,5-8,17H2. The highest BCUT2D eigenvalue weighted by Gasteiger charge is 2.31. The van der Waals surface area contributed by atoms with Crippen LogP contribution >= 0.6 is 0 Å². The molecule has 1 amide bonds. The first-order chi connectivity index (χ1) is 9.37. The molecule has 1 atom stereocenters. The lowest BCUT2D eigenvalue weighted by Crippen LogP contribution is -2.25. The molecule has 0 aliphatic carbocycles. The summed E-state index contributed by atoms with van der Waals surface area (Å²) in [7, 11) is 0. The summed E-state index contributed by atoms with van der Waals surface area (Å²) in [6.07, 6.45) is -4.26. The first-order valence-corrected chi connectivity index (χ1v) is 6.20. The molecule has 1 unspecified atom stereocenters. The van der Waals surface area contributed by atoms with E-state index in [1.807, 2.05) is 0 Å². The van der Waals surface area contributed by atoms with Crippen molar-refractivity contribution in [2.45, 2.75) is 19.3 Å². The Bertz CT molecular complexity index is 473. The van der Waals surface area contributed by atoms with Crippen molar-refractivity contribution in [3.8, 4) is 5.75 Å². The molecular weight excluding hydrogens is 273 g/mol. The molecule has 1 aromatic carbocycles. The number of ether oxygens (including phenoxy) is 1. The summed E-state index contributed by atoms with van der Waals surface area (Å²) in [5.41, 5.74) is 6.28. The van der Waals surface area contributed by atoms with Gasteiger partial charge in [-0.15, -0.1) is 13.2 Å². The van der Waals surface area contributed by atoms with Gasteiger partial charge in [-0.1, -0.05) is 12.1 Å². The number of nitrogens with two attached hydrogens (primary N) is 1. The summed E-state index contributed by atoms with van der Waals surface area (Å²) >= 11 is 0. The van der Waals surface area contributed by atoms with E-state index in [-0.39, 0.29) is 17.6 Å². The number of likely N-dealkylation sites (tertiary alicyclic amines) is 1. The molecule has 110 valence electrons. The fourth-order valence-electron chi connectivity index (χ4n) is 2.18. The number of rotatable bonds is 4. The van der Waals surface area contributed by atoms with Crippen LogP contribution in [0.1, 0.15) is 12.0 Å². The Morgan fingerprint density at radius 2 is 1.95 bits per heavy atom. The number of hydrogen-bond acceptors (Lipinski definition) is 3. The van der Waals surface area contributed by atoms with Crippen molar-refractivity contribution in [3.05, 3.63) is 29.8 Å². The van der Waals surface area contributed by atoms with E-state index in [4.69, 9.17) is 5.73 Å². The third-order valence-electron chi connectivity index (χ3n) is 3.16. The van der Waals surface area contributed by atoms with Crippen molar-refractivity contribution in [1.29, 1.82) is 0 Å². The Hall–Kier alpha value is -1.76. The molecule has 1 aliphatic rings. The van der Waals surface area contributed by atoms with Crippen molar-refractivity contribution in [1.82, 2.24) is 4.90 Å². The van der Waals surface area contributed by atoms with Crippen LogP contribution < -0.4 is 10.5 Å². The fraction of sp³-hybridized carbons (Fsp3) is 0.462. The average Bonchev–Trinajstić information content (AvgIpc) is 2.71. The lowest BCUT2D eigenvalue weighted by atomic mass is 10.1. The van der Waals surface area contributed by atoms with E-state index < -0.39 is 6.36 Å². The van der Waals surface area contributed by atoms with Crippen LogP contribution in [0.25, 0.3) is 0 Å². The Labute approximate surface area is 114 Å². The summed E-state index contributed by atoms with van der Waals surface area (Å²) in [5.74, 6) is -0.0831. The Kier molecular flexibility index (Phi) is 4.17. The minimum Gasteiger partial charge on any atom is -0.406 e. The summed E-state index contributed by atoms with van der Waals surface area (Å²) in [4.78, 5) is 13.4. The van der Waals surface area contributed by atoms with E-state index in [1.54, 1.807) is 4.90 Å². The first kappa shape index (κ1) is 14.6. The summed E-state index contributed by atoms with van der Waals surface area (Å²) in [6.45, 7) is 1.43. The second-order valence-electron chi connectivity index (χ2n) is 4.77. The maximum Gasteiger partial charge on any atom is 0.573 e. The lowest BCUT2D eigenvalue weighted by Gasteiger charge is -2.17. The van der Waals surface area contributed by atoms with Gasteiger partial charge in [-0.05, 0) is 30.2 Å². The van der Waals surface area contributed by atoms with Gasteiger partial charge in [-0.3, -0.25) is 4.79 Å². The second kappa shape index (κ2) is 5.70. The van der Waals surface area contributed by atoms with Gasteiger partial charge in [0.25, 0.3) is 0 Å². The molecule has 20 heavy (non-hydrogen) atoms. The summed E-state index contributed by atoms with van der Waals surface area (Å²) in [6, 6.07) is 5.52. The van der Waals surface area contributed by atoms with Crippen LogP contribution in [0, 0.1) is 5.92 Å². The Balaban J connectivity index is 1.96. The molecule has 0 spiro atoms. The van der Waals surface area contributed by atoms with Crippen LogP contribution in [-0.4, -0.2) is 30.3 Å². The van der Waals surface area contributed by atoms with Gasteiger partial charge in [-0.2, -0.15) is 0 Å². The smallest absolute Gasteiger partial charge is 0.406 e. The quantitative estimate of drug-likeness (QED) is 0.920. The normalized spacial score (nSPS) is 19.5. The van der Waals surface area contributed by atoms with Crippen molar-refractivity contribution >= 4 is 5.91 Å². The molecule has 1 aromatic rings. The topological polar surface area (TPSA) is 55.6 Å². The maximum atomic E-state index is 12.0. The largest absolute Gasteiger partial charge is 0.573 e. The van der Waals surface area contributed by atoms with Gasteiger partial charge in [-0.25, -0.2) is 0 Å². The second-order valence-corrected chi connectivity index (χ2v) is 4.77. The monoisotopic (exact) mass is 288 g/mol. The number of carbonyl (C=O) groups is 1. The predicted molar refractivity (Wildman–Crippen MR) is 65.7 cm³/mol. The minimum atomic E-state index is -4.69. The SMILES string of the molecule is NCC1CC(=O)N(Cc2ccc(OC(F)(F)F)cc2)C1.